The Morgan fingerprint density at radius 2 is 1.75 bits per heavy atom. The fourth-order valence-corrected chi connectivity index (χ4v) is 1.78. The molecule has 0 saturated heterocycles. The third-order valence-electron chi connectivity index (χ3n) is 2.95. The number of hydrogen-bond acceptors (Lipinski definition) is 1. The molecule has 0 spiro atoms. The highest BCUT2D eigenvalue weighted by molar-refractivity contribution is 5.26. The van der Waals surface area contributed by atoms with E-state index in [4.69, 9.17) is 5.73 Å². The number of hydrogen-bond donors (Lipinski definition) is 1. The van der Waals surface area contributed by atoms with Crippen LogP contribution in [0.25, 0.3) is 0 Å². The minimum Gasteiger partial charge on any atom is -0.324 e. The van der Waals surface area contributed by atoms with Crippen molar-refractivity contribution in [3.05, 3.63) is 48.0 Å². The molecule has 0 aliphatic rings. The van der Waals surface area contributed by atoms with Crippen molar-refractivity contribution in [2.45, 2.75) is 45.1 Å². The summed E-state index contributed by atoms with van der Waals surface area (Å²) in [6, 6.07) is 8.86. The fourth-order valence-electron chi connectivity index (χ4n) is 1.78. The monoisotopic (exact) mass is 217 g/mol. The average molecular weight is 217 g/mol. The van der Waals surface area contributed by atoms with Gasteiger partial charge in [0, 0.05) is 6.04 Å². The number of unbranched alkanes of at least 4 members (excludes halogenated alkanes) is 1. The van der Waals surface area contributed by atoms with Gasteiger partial charge in [-0.3, -0.25) is 0 Å². The molecule has 0 fully saturated rings. The number of rotatable bonds is 6. The molecule has 1 heteroatoms. The predicted octanol–water partition coefficient (Wildman–Crippen LogP) is 4.17. The Kier molecular flexibility index (Phi) is 5.27. The van der Waals surface area contributed by atoms with Gasteiger partial charge in [-0.25, -0.2) is 0 Å². The molecule has 0 amide bonds. The van der Waals surface area contributed by atoms with E-state index in [0.717, 1.165) is 19.3 Å². The fraction of sp³-hybridized carbons (Fsp3) is 0.467. The van der Waals surface area contributed by atoms with E-state index in [0.29, 0.717) is 5.92 Å². The van der Waals surface area contributed by atoms with Crippen LogP contribution in [0, 0.1) is 0 Å². The van der Waals surface area contributed by atoms with Crippen molar-refractivity contribution in [3.8, 4) is 0 Å². The van der Waals surface area contributed by atoms with E-state index >= 15 is 0 Å². The SMILES string of the molecule is C=CCCCC(N)c1ccc(C(C)C)cc1. The molecule has 1 atom stereocenters. The first kappa shape index (κ1) is 13.0. The first-order chi connectivity index (χ1) is 7.65. The van der Waals surface area contributed by atoms with Crippen LogP contribution in [0.3, 0.4) is 0 Å². The Balaban J connectivity index is 2.55. The summed E-state index contributed by atoms with van der Waals surface area (Å²) in [5.41, 5.74) is 8.75. The zero-order valence-corrected chi connectivity index (χ0v) is 10.4. The van der Waals surface area contributed by atoms with E-state index in [-0.39, 0.29) is 6.04 Å². The molecule has 0 saturated carbocycles. The molecule has 0 aliphatic carbocycles. The van der Waals surface area contributed by atoms with Gasteiger partial charge in [0.25, 0.3) is 0 Å². The molecular weight excluding hydrogens is 194 g/mol. The van der Waals surface area contributed by atoms with Crippen LogP contribution >= 0.6 is 0 Å². The molecule has 88 valence electrons. The van der Waals surface area contributed by atoms with Gasteiger partial charge in [0.15, 0.2) is 0 Å². The zero-order valence-electron chi connectivity index (χ0n) is 10.4. The van der Waals surface area contributed by atoms with Crippen molar-refractivity contribution in [2.75, 3.05) is 0 Å². The van der Waals surface area contributed by atoms with Crippen LogP contribution in [-0.4, -0.2) is 0 Å². The third-order valence-corrected chi connectivity index (χ3v) is 2.95. The second-order valence-electron chi connectivity index (χ2n) is 4.65. The van der Waals surface area contributed by atoms with Gasteiger partial charge < -0.3 is 5.73 Å². The summed E-state index contributed by atoms with van der Waals surface area (Å²) < 4.78 is 0. The van der Waals surface area contributed by atoms with Gasteiger partial charge in [-0.2, -0.15) is 0 Å². The van der Waals surface area contributed by atoms with E-state index in [1.807, 2.05) is 6.08 Å². The lowest BCUT2D eigenvalue weighted by Crippen LogP contribution is -2.10. The Morgan fingerprint density at radius 1 is 1.19 bits per heavy atom. The van der Waals surface area contributed by atoms with Crippen molar-refractivity contribution < 1.29 is 0 Å². The first-order valence-corrected chi connectivity index (χ1v) is 6.11. The first-order valence-electron chi connectivity index (χ1n) is 6.11. The van der Waals surface area contributed by atoms with Crippen molar-refractivity contribution in [2.24, 2.45) is 5.73 Å². The normalized spacial score (nSPS) is 12.8. The van der Waals surface area contributed by atoms with E-state index in [1.165, 1.54) is 11.1 Å². The van der Waals surface area contributed by atoms with Crippen LogP contribution in [0.5, 0.6) is 0 Å². The molecule has 0 aromatic heterocycles. The van der Waals surface area contributed by atoms with Gasteiger partial charge in [0.1, 0.15) is 0 Å². The highest BCUT2D eigenvalue weighted by Gasteiger charge is 2.06. The molecule has 1 aromatic carbocycles. The summed E-state index contributed by atoms with van der Waals surface area (Å²) in [5, 5.41) is 0. The van der Waals surface area contributed by atoms with Gasteiger partial charge in [-0.15, -0.1) is 6.58 Å². The van der Waals surface area contributed by atoms with E-state index in [1.54, 1.807) is 0 Å². The van der Waals surface area contributed by atoms with Gasteiger partial charge in [-0.05, 0) is 36.3 Å². The number of allylic oxidation sites excluding steroid dienone is 1. The lowest BCUT2D eigenvalue weighted by molar-refractivity contribution is 0.617. The van der Waals surface area contributed by atoms with E-state index < -0.39 is 0 Å². The zero-order chi connectivity index (χ0) is 12.0. The predicted molar refractivity (Wildman–Crippen MR) is 71.5 cm³/mol. The largest absolute Gasteiger partial charge is 0.324 e. The minimum atomic E-state index is 0.168. The molecule has 1 unspecified atom stereocenters. The Bertz CT molecular complexity index is 311. The Morgan fingerprint density at radius 3 is 2.25 bits per heavy atom. The lowest BCUT2D eigenvalue weighted by atomic mass is 9.97. The summed E-state index contributed by atoms with van der Waals surface area (Å²) in [7, 11) is 0. The van der Waals surface area contributed by atoms with Crippen LogP contribution in [-0.2, 0) is 0 Å². The Labute approximate surface area is 99.4 Å². The topological polar surface area (TPSA) is 26.0 Å². The lowest BCUT2D eigenvalue weighted by Gasteiger charge is -2.13. The van der Waals surface area contributed by atoms with E-state index in [2.05, 4.69) is 44.7 Å². The average Bonchev–Trinajstić information content (AvgIpc) is 2.29. The van der Waals surface area contributed by atoms with Crippen LogP contribution in [0.2, 0.25) is 0 Å². The number of benzene rings is 1. The van der Waals surface area contributed by atoms with E-state index in [9.17, 15) is 0 Å². The van der Waals surface area contributed by atoms with Crippen molar-refractivity contribution >= 4 is 0 Å². The quantitative estimate of drug-likeness (QED) is 0.562. The summed E-state index contributed by atoms with van der Waals surface area (Å²) >= 11 is 0. The maximum Gasteiger partial charge on any atom is 0.0294 e. The molecule has 1 aromatic rings. The molecule has 2 N–H and O–H groups in total. The third kappa shape index (κ3) is 3.82. The molecular formula is C15H23N. The molecule has 16 heavy (non-hydrogen) atoms. The summed E-state index contributed by atoms with van der Waals surface area (Å²) in [6.45, 7) is 8.14. The van der Waals surface area contributed by atoms with Crippen LogP contribution in [0.15, 0.2) is 36.9 Å². The van der Waals surface area contributed by atoms with Crippen molar-refractivity contribution in [1.29, 1.82) is 0 Å². The van der Waals surface area contributed by atoms with Crippen LogP contribution in [0.1, 0.15) is 56.2 Å². The summed E-state index contributed by atoms with van der Waals surface area (Å²) in [6.07, 6.45) is 5.16. The van der Waals surface area contributed by atoms with Gasteiger partial charge >= 0.3 is 0 Å². The van der Waals surface area contributed by atoms with Gasteiger partial charge in [-0.1, -0.05) is 44.2 Å². The molecule has 0 radical (unpaired) electrons. The molecule has 0 aliphatic heterocycles. The van der Waals surface area contributed by atoms with Crippen molar-refractivity contribution in [1.82, 2.24) is 0 Å². The maximum absolute atomic E-state index is 6.13. The van der Waals surface area contributed by atoms with Gasteiger partial charge in [0.2, 0.25) is 0 Å². The molecule has 1 rings (SSSR count). The summed E-state index contributed by atoms with van der Waals surface area (Å²) in [4.78, 5) is 0. The summed E-state index contributed by atoms with van der Waals surface area (Å²) in [5.74, 6) is 0.589. The van der Waals surface area contributed by atoms with Crippen molar-refractivity contribution in [3.63, 3.8) is 0 Å². The number of nitrogens with two attached hydrogens (primary N) is 1. The smallest absolute Gasteiger partial charge is 0.0294 e. The molecule has 0 bridgehead atoms. The second-order valence-corrected chi connectivity index (χ2v) is 4.65. The maximum atomic E-state index is 6.13. The van der Waals surface area contributed by atoms with Crippen LogP contribution < -0.4 is 5.73 Å². The highest BCUT2D eigenvalue weighted by atomic mass is 14.6. The molecule has 1 nitrogen and oxygen atoms in total. The highest BCUT2D eigenvalue weighted by Crippen LogP contribution is 2.20. The molecule has 0 heterocycles. The Hall–Kier alpha value is -1.08. The standard InChI is InChI=1S/C15H23N/c1-4-5-6-7-15(16)14-10-8-13(9-11-14)12(2)3/h4,8-12,15H,1,5-7,16H2,2-3H3. The van der Waals surface area contributed by atoms with Gasteiger partial charge in [0.05, 0.1) is 0 Å². The van der Waals surface area contributed by atoms with Crippen LogP contribution in [0.4, 0.5) is 0 Å². The second kappa shape index (κ2) is 6.49. The minimum absolute atomic E-state index is 0.168.